The molecule has 1 aromatic rings. The number of carbonyl (C=O) groups excluding carboxylic acids is 2. The Morgan fingerprint density at radius 2 is 1.47 bits per heavy atom. The lowest BCUT2D eigenvalue weighted by Gasteiger charge is -2.24. The standard InChI is InChI=1S/C15H18O2/c1-9-4-5-10(2)15(11(9)3)12-6-13(16)8-14(17)7-12/h4-5,12H,6-8H2,1-3H3. The van der Waals surface area contributed by atoms with Gasteiger partial charge in [-0.15, -0.1) is 0 Å². The maximum absolute atomic E-state index is 11.5. The van der Waals surface area contributed by atoms with Gasteiger partial charge in [-0.1, -0.05) is 12.1 Å². The number of hydrogen-bond acceptors (Lipinski definition) is 2. The summed E-state index contributed by atoms with van der Waals surface area (Å²) in [6, 6.07) is 4.18. The fourth-order valence-electron chi connectivity index (χ4n) is 2.79. The van der Waals surface area contributed by atoms with Crippen LogP contribution in [0.1, 0.15) is 47.4 Å². The van der Waals surface area contributed by atoms with Gasteiger partial charge in [-0.25, -0.2) is 0 Å². The molecule has 1 saturated carbocycles. The van der Waals surface area contributed by atoms with Crippen LogP contribution in [0.15, 0.2) is 12.1 Å². The zero-order chi connectivity index (χ0) is 12.6. The molecule has 0 radical (unpaired) electrons. The van der Waals surface area contributed by atoms with Crippen LogP contribution in [0.3, 0.4) is 0 Å². The van der Waals surface area contributed by atoms with Crippen molar-refractivity contribution in [3.8, 4) is 0 Å². The van der Waals surface area contributed by atoms with Crippen molar-refractivity contribution in [2.24, 2.45) is 0 Å². The molecule has 2 heteroatoms. The average molecular weight is 230 g/mol. The Kier molecular flexibility index (Phi) is 3.14. The lowest BCUT2D eigenvalue weighted by molar-refractivity contribution is -0.130. The van der Waals surface area contributed by atoms with Crippen LogP contribution in [-0.2, 0) is 9.59 Å². The van der Waals surface area contributed by atoms with Gasteiger partial charge in [0.2, 0.25) is 0 Å². The Bertz CT molecular complexity index is 470. The van der Waals surface area contributed by atoms with Crippen molar-refractivity contribution in [2.45, 2.75) is 46.0 Å². The third-order valence-corrected chi connectivity index (χ3v) is 3.75. The van der Waals surface area contributed by atoms with Gasteiger partial charge in [0.05, 0.1) is 6.42 Å². The summed E-state index contributed by atoms with van der Waals surface area (Å²) in [6.07, 6.45) is 1.19. The van der Waals surface area contributed by atoms with Gasteiger partial charge in [-0.05, 0) is 48.9 Å². The molecule has 17 heavy (non-hydrogen) atoms. The molecule has 0 aromatic heterocycles. The average Bonchev–Trinajstić information content (AvgIpc) is 2.23. The molecule has 0 unspecified atom stereocenters. The fourth-order valence-corrected chi connectivity index (χ4v) is 2.79. The third kappa shape index (κ3) is 2.31. The van der Waals surface area contributed by atoms with Crippen LogP contribution in [0.5, 0.6) is 0 Å². The summed E-state index contributed by atoms with van der Waals surface area (Å²) in [5.74, 6) is 0.279. The smallest absolute Gasteiger partial charge is 0.140 e. The van der Waals surface area contributed by atoms with Crippen LogP contribution in [0.25, 0.3) is 0 Å². The summed E-state index contributed by atoms with van der Waals surface area (Å²) in [5, 5.41) is 0. The minimum Gasteiger partial charge on any atom is -0.299 e. The van der Waals surface area contributed by atoms with E-state index in [2.05, 4.69) is 32.9 Å². The maximum Gasteiger partial charge on any atom is 0.140 e. The van der Waals surface area contributed by atoms with Crippen molar-refractivity contribution < 1.29 is 9.59 Å². The number of aryl methyl sites for hydroxylation is 2. The molecular weight excluding hydrogens is 212 g/mol. The summed E-state index contributed by atoms with van der Waals surface area (Å²) in [6.45, 7) is 6.22. The highest BCUT2D eigenvalue weighted by Gasteiger charge is 2.28. The van der Waals surface area contributed by atoms with Crippen molar-refractivity contribution in [2.75, 3.05) is 0 Å². The summed E-state index contributed by atoms with van der Waals surface area (Å²) >= 11 is 0. The lowest BCUT2D eigenvalue weighted by atomic mass is 9.78. The third-order valence-electron chi connectivity index (χ3n) is 3.75. The highest BCUT2D eigenvalue weighted by Crippen LogP contribution is 2.34. The van der Waals surface area contributed by atoms with E-state index in [1.54, 1.807) is 0 Å². The summed E-state index contributed by atoms with van der Waals surface area (Å²) in [7, 11) is 0. The SMILES string of the molecule is Cc1ccc(C)c(C2CC(=O)CC(=O)C2)c1C. The van der Waals surface area contributed by atoms with Gasteiger partial charge in [-0.2, -0.15) is 0 Å². The van der Waals surface area contributed by atoms with Crippen molar-refractivity contribution in [3.05, 3.63) is 34.4 Å². The van der Waals surface area contributed by atoms with E-state index >= 15 is 0 Å². The van der Waals surface area contributed by atoms with Crippen LogP contribution in [-0.4, -0.2) is 11.6 Å². The van der Waals surface area contributed by atoms with E-state index in [0.29, 0.717) is 12.8 Å². The first kappa shape index (κ1) is 12.0. The first-order valence-corrected chi connectivity index (χ1v) is 6.09. The molecule has 1 fully saturated rings. The number of carbonyl (C=O) groups is 2. The Morgan fingerprint density at radius 1 is 0.941 bits per heavy atom. The molecule has 1 aliphatic carbocycles. The van der Waals surface area contributed by atoms with Crippen LogP contribution in [0.2, 0.25) is 0 Å². The molecule has 0 bridgehead atoms. The number of Topliss-reactive ketones (excluding diaryl/α,β-unsaturated/α-hetero) is 2. The highest BCUT2D eigenvalue weighted by molar-refractivity contribution is 6.02. The lowest BCUT2D eigenvalue weighted by Crippen LogP contribution is -2.22. The van der Waals surface area contributed by atoms with E-state index in [9.17, 15) is 9.59 Å². The molecule has 0 amide bonds. The Morgan fingerprint density at radius 3 is 2.06 bits per heavy atom. The second-order valence-corrected chi connectivity index (χ2v) is 5.10. The Balaban J connectivity index is 2.43. The van der Waals surface area contributed by atoms with Crippen molar-refractivity contribution in [3.63, 3.8) is 0 Å². The largest absolute Gasteiger partial charge is 0.299 e. The first-order chi connectivity index (χ1) is 7.99. The monoisotopic (exact) mass is 230 g/mol. The molecular formula is C15H18O2. The van der Waals surface area contributed by atoms with E-state index in [1.165, 1.54) is 22.3 Å². The van der Waals surface area contributed by atoms with Gasteiger partial charge < -0.3 is 0 Å². The van der Waals surface area contributed by atoms with Gasteiger partial charge in [0, 0.05) is 12.8 Å². The van der Waals surface area contributed by atoms with Crippen LogP contribution < -0.4 is 0 Å². The molecule has 0 spiro atoms. The molecule has 0 aliphatic heterocycles. The zero-order valence-corrected chi connectivity index (χ0v) is 10.7. The van der Waals surface area contributed by atoms with Crippen molar-refractivity contribution >= 4 is 11.6 Å². The number of ketones is 2. The summed E-state index contributed by atoms with van der Waals surface area (Å²) in [5.41, 5.74) is 4.88. The Hall–Kier alpha value is -1.44. The predicted molar refractivity (Wildman–Crippen MR) is 67.3 cm³/mol. The first-order valence-electron chi connectivity index (χ1n) is 6.09. The normalized spacial score (nSPS) is 17.6. The number of rotatable bonds is 1. The molecule has 90 valence electrons. The Labute approximate surface area is 102 Å². The van der Waals surface area contributed by atoms with E-state index in [4.69, 9.17) is 0 Å². The second kappa shape index (κ2) is 4.44. The van der Waals surface area contributed by atoms with Crippen LogP contribution in [0.4, 0.5) is 0 Å². The van der Waals surface area contributed by atoms with E-state index in [0.717, 1.165) is 0 Å². The highest BCUT2D eigenvalue weighted by atomic mass is 16.1. The van der Waals surface area contributed by atoms with Crippen molar-refractivity contribution in [1.29, 1.82) is 0 Å². The fraction of sp³-hybridized carbons (Fsp3) is 0.467. The topological polar surface area (TPSA) is 34.1 Å². The predicted octanol–water partition coefficient (Wildman–Crippen LogP) is 3.02. The molecule has 0 N–H and O–H groups in total. The minimum absolute atomic E-state index is 0.0894. The van der Waals surface area contributed by atoms with Crippen molar-refractivity contribution in [1.82, 2.24) is 0 Å². The van der Waals surface area contributed by atoms with E-state index in [-0.39, 0.29) is 23.9 Å². The molecule has 1 aromatic carbocycles. The minimum atomic E-state index is 0.0894. The zero-order valence-electron chi connectivity index (χ0n) is 10.7. The molecule has 2 rings (SSSR count). The summed E-state index contributed by atoms with van der Waals surface area (Å²) in [4.78, 5) is 23.1. The van der Waals surface area contributed by atoms with Gasteiger partial charge >= 0.3 is 0 Å². The molecule has 0 saturated heterocycles. The number of benzene rings is 1. The van der Waals surface area contributed by atoms with Gasteiger partial charge in [-0.3, -0.25) is 9.59 Å². The molecule has 0 atom stereocenters. The molecule has 1 aliphatic rings. The quantitative estimate of drug-likeness (QED) is 0.695. The van der Waals surface area contributed by atoms with E-state index < -0.39 is 0 Å². The number of hydrogen-bond donors (Lipinski definition) is 0. The van der Waals surface area contributed by atoms with Gasteiger partial charge in [0.1, 0.15) is 11.6 Å². The molecule has 2 nitrogen and oxygen atoms in total. The van der Waals surface area contributed by atoms with E-state index in [1.807, 2.05) is 0 Å². The molecule has 0 heterocycles. The van der Waals surface area contributed by atoms with Gasteiger partial charge in [0.15, 0.2) is 0 Å². The van der Waals surface area contributed by atoms with Gasteiger partial charge in [0.25, 0.3) is 0 Å². The van der Waals surface area contributed by atoms with Crippen LogP contribution in [0, 0.1) is 20.8 Å². The second-order valence-electron chi connectivity index (χ2n) is 5.10. The van der Waals surface area contributed by atoms with Crippen LogP contribution >= 0.6 is 0 Å². The summed E-state index contributed by atoms with van der Waals surface area (Å²) < 4.78 is 0. The maximum atomic E-state index is 11.5.